The lowest BCUT2D eigenvalue weighted by molar-refractivity contribution is -0.116. The number of ketones is 1. The average Bonchev–Trinajstić information content (AvgIpc) is 2.78. The maximum absolute atomic E-state index is 13.4. The minimum Gasteiger partial charge on any atom is -0.493 e. The summed E-state index contributed by atoms with van der Waals surface area (Å²) >= 11 is 0. The number of benzene rings is 1. The van der Waals surface area contributed by atoms with Gasteiger partial charge in [-0.2, -0.15) is 0 Å². The number of methoxy groups -OCH3 is 2. The number of allylic oxidation sites excluding steroid dienone is 3. The molecule has 2 aliphatic rings. The molecule has 1 aliphatic carbocycles. The van der Waals surface area contributed by atoms with Crippen LogP contribution in [0, 0.1) is 0 Å². The van der Waals surface area contributed by atoms with Crippen LogP contribution in [0.2, 0.25) is 0 Å². The van der Waals surface area contributed by atoms with Crippen LogP contribution in [0.15, 0.2) is 65.3 Å². The Hall–Kier alpha value is -3.61. The Kier molecular flexibility index (Phi) is 5.75. The molecule has 0 saturated heterocycles. The van der Waals surface area contributed by atoms with Crippen molar-refractivity contribution in [1.29, 1.82) is 0 Å². The van der Waals surface area contributed by atoms with Crippen molar-refractivity contribution in [3.8, 4) is 11.5 Å². The summed E-state index contributed by atoms with van der Waals surface area (Å²) in [6.45, 7) is 1.87. The van der Waals surface area contributed by atoms with Crippen molar-refractivity contribution in [3.05, 3.63) is 70.8 Å². The Balaban J connectivity index is 1.82. The highest BCUT2D eigenvalue weighted by atomic mass is 16.5. The smallest absolute Gasteiger partial charge is 0.254 e. The first-order chi connectivity index (χ1) is 15.0. The number of nitrogens with zero attached hydrogens (tertiary/aromatic N) is 1. The van der Waals surface area contributed by atoms with Gasteiger partial charge in [-0.15, -0.1) is 0 Å². The molecule has 1 aromatic heterocycles. The number of hydrogen-bond acceptors (Lipinski definition) is 6. The Bertz CT molecular complexity index is 1090. The highest BCUT2D eigenvalue weighted by Gasteiger charge is 2.38. The fourth-order valence-corrected chi connectivity index (χ4v) is 4.29. The molecule has 2 heterocycles. The van der Waals surface area contributed by atoms with Crippen molar-refractivity contribution in [2.24, 2.45) is 0 Å². The molecule has 1 atom stereocenters. The fraction of sp³-hybridized carbons (Fsp3) is 0.292. The molecule has 4 rings (SSSR count). The zero-order valence-corrected chi connectivity index (χ0v) is 17.8. The first-order valence-corrected chi connectivity index (χ1v) is 10.2. The number of nitrogens with one attached hydrogen (secondary N) is 2. The molecule has 31 heavy (non-hydrogen) atoms. The molecule has 0 fully saturated rings. The SMILES string of the molecule is COc1ccc(C2C(C(=O)Nc3cccnc3)=C(C)NC3=C2C(=O)CCC3)cc1OC. The summed E-state index contributed by atoms with van der Waals surface area (Å²) < 4.78 is 10.8. The summed E-state index contributed by atoms with van der Waals surface area (Å²) in [6, 6.07) is 9.06. The molecule has 1 amide bonds. The summed E-state index contributed by atoms with van der Waals surface area (Å²) in [5.74, 6) is 0.427. The monoisotopic (exact) mass is 419 g/mol. The Morgan fingerprint density at radius 1 is 1.16 bits per heavy atom. The number of aromatic nitrogens is 1. The number of carbonyl (C=O) groups excluding carboxylic acids is 2. The van der Waals surface area contributed by atoms with Crippen molar-refractivity contribution >= 4 is 17.4 Å². The van der Waals surface area contributed by atoms with Crippen LogP contribution in [0.3, 0.4) is 0 Å². The third kappa shape index (κ3) is 3.91. The Morgan fingerprint density at radius 2 is 1.97 bits per heavy atom. The van der Waals surface area contributed by atoms with Gasteiger partial charge in [0.1, 0.15) is 0 Å². The molecule has 7 nitrogen and oxygen atoms in total. The predicted octanol–water partition coefficient (Wildman–Crippen LogP) is 3.71. The van der Waals surface area contributed by atoms with Gasteiger partial charge in [0.15, 0.2) is 17.3 Å². The first kappa shape index (κ1) is 20.7. The van der Waals surface area contributed by atoms with Crippen LogP contribution < -0.4 is 20.1 Å². The van der Waals surface area contributed by atoms with E-state index >= 15 is 0 Å². The van der Waals surface area contributed by atoms with Gasteiger partial charge in [-0.3, -0.25) is 14.6 Å². The highest BCUT2D eigenvalue weighted by molar-refractivity contribution is 6.09. The second-order valence-electron chi connectivity index (χ2n) is 7.58. The lowest BCUT2D eigenvalue weighted by Crippen LogP contribution is -2.35. The first-order valence-electron chi connectivity index (χ1n) is 10.2. The molecule has 0 bridgehead atoms. The number of hydrogen-bond donors (Lipinski definition) is 2. The zero-order chi connectivity index (χ0) is 22.0. The number of ether oxygens (including phenoxy) is 2. The number of amides is 1. The van der Waals surface area contributed by atoms with E-state index in [-0.39, 0.29) is 11.7 Å². The number of anilines is 1. The summed E-state index contributed by atoms with van der Waals surface area (Å²) in [4.78, 5) is 30.5. The topological polar surface area (TPSA) is 89.5 Å². The molecule has 1 aliphatic heterocycles. The van der Waals surface area contributed by atoms with Crippen LogP contribution >= 0.6 is 0 Å². The molecule has 2 N–H and O–H groups in total. The van der Waals surface area contributed by atoms with E-state index in [2.05, 4.69) is 15.6 Å². The van der Waals surface area contributed by atoms with E-state index in [0.29, 0.717) is 34.8 Å². The van der Waals surface area contributed by atoms with Crippen LogP contribution in [0.5, 0.6) is 11.5 Å². The molecule has 2 aromatic rings. The maximum atomic E-state index is 13.4. The van der Waals surface area contributed by atoms with Crippen molar-refractivity contribution < 1.29 is 19.1 Å². The van der Waals surface area contributed by atoms with Gasteiger partial charge in [0.2, 0.25) is 0 Å². The van der Waals surface area contributed by atoms with Crippen LogP contribution in [0.1, 0.15) is 37.7 Å². The summed E-state index contributed by atoms with van der Waals surface area (Å²) in [6.07, 6.45) is 5.28. The highest BCUT2D eigenvalue weighted by Crippen LogP contribution is 2.44. The number of carbonyl (C=O) groups is 2. The van der Waals surface area contributed by atoms with Gasteiger partial charge in [0.25, 0.3) is 5.91 Å². The maximum Gasteiger partial charge on any atom is 0.254 e. The van der Waals surface area contributed by atoms with Crippen LogP contribution in [-0.2, 0) is 9.59 Å². The van der Waals surface area contributed by atoms with Gasteiger partial charge >= 0.3 is 0 Å². The van der Waals surface area contributed by atoms with Gasteiger partial charge in [0, 0.05) is 41.1 Å². The Morgan fingerprint density at radius 3 is 2.68 bits per heavy atom. The zero-order valence-electron chi connectivity index (χ0n) is 17.8. The second kappa shape index (κ2) is 8.63. The van der Waals surface area contributed by atoms with E-state index in [9.17, 15) is 9.59 Å². The number of Topliss-reactive ketones (excluding diaryl/α,β-unsaturated/α-hetero) is 1. The third-order valence-corrected chi connectivity index (χ3v) is 5.68. The minimum atomic E-state index is -0.500. The van der Waals surface area contributed by atoms with Crippen molar-refractivity contribution in [2.45, 2.75) is 32.1 Å². The van der Waals surface area contributed by atoms with E-state index in [1.807, 2.05) is 19.1 Å². The lowest BCUT2D eigenvalue weighted by Gasteiger charge is -2.34. The molecular formula is C24H25N3O4. The summed E-state index contributed by atoms with van der Waals surface area (Å²) in [5.41, 5.74) is 4.18. The number of pyridine rings is 1. The van der Waals surface area contributed by atoms with E-state index in [4.69, 9.17) is 9.47 Å². The van der Waals surface area contributed by atoms with Gasteiger partial charge < -0.3 is 20.1 Å². The number of rotatable bonds is 5. The fourth-order valence-electron chi connectivity index (χ4n) is 4.29. The van der Waals surface area contributed by atoms with Crippen LogP contribution in [0.4, 0.5) is 5.69 Å². The number of dihydropyridines is 1. The molecular weight excluding hydrogens is 394 g/mol. The molecule has 1 aromatic carbocycles. The lowest BCUT2D eigenvalue weighted by atomic mass is 9.75. The second-order valence-corrected chi connectivity index (χ2v) is 7.58. The van der Waals surface area contributed by atoms with Crippen LogP contribution in [-0.4, -0.2) is 30.9 Å². The predicted molar refractivity (Wildman–Crippen MR) is 117 cm³/mol. The standard InChI is InChI=1S/C24H25N3O4/c1-14-21(24(29)27-16-6-5-11-25-13-16)22(23-17(26-14)7-4-8-18(23)28)15-9-10-19(30-2)20(12-15)31-3/h5-6,9-13,22,26H,4,7-8H2,1-3H3,(H,27,29). The molecule has 0 saturated carbocycles. The molecule has 160 valence electrons. The van der Waals surface area contributed by atoms with Crippen molar-refractivity contribution in [2.75, 3.05) is 19.5 Å². The normalized spacial score (nSPS) is 18.3. The summed E-state index contributed by atoms with van der Waals surface area (Å²) in [7, 11) is 3.14. The van der Waals surface area contributed by atoms with Gasteiger partial charge in [-0.1, -0.05) is 6.07 Å². The Labute approximate surface area is 181 Å². The van der Waals surface area contributed by atoms with E-state index in [0.717, 1.165) is 29.8 Å². The largest absolute Gasteiger partial charge is 0.493 e. The van der Waals surface area contributed by atoms with Crippen molar-refractivity contribution in [1.82, 2.24) is 10.3 Å². The molecule has 0 spiro atoms. The van der Waals surface area contributed by atoms with Crippen LogP contribution in [0.25, 0.3) is 0 Å². The van der Waals surface area contributed by atoms with Gasteiger partial charge in [0.05, 0.1) is 26.1 Å². The molecule has 1 unspecified atom stereocenters. The van der Waals surface area contributed by atoms with Gasteiger partial charge in [-0.25, -0.2) is 0 Å². The summed E-state index contributed by atoms with van der Waals surface area (Å²) in [5, 5.41) is 6.24. The van der Waals surface area contributed by atoms with E-state index < -0.39 is 5.92 Å². The van der Waals surface area contributed by atoms with Gasteiger partial charge in [-0.05, 0) is 49.6 Å². The minimum absolute atomic E-state index is 0.0627. The quantitative estimate of drug-likeness (QED) is 0.768. The van der Waals surface area contributed by atoms with Crippen molar-refractivity contribution in [3.63, 3.8) is 0 Å². The average molecular weight is 419 g/mol. The molecule has 7 heteroatoms. The third-order valence-electron chi connectivity index (χ3n) is 5.68. The van der Waals surface area contributed by atoms with E-state index in [1.165, 1.54) is 0 Å². The molecule has 0 radical (unpaired) electrons. The van der Waals surface area contributed by atoms with E-state index in [1.54, 1.807) is 44.8 Å².